The van der Waals surface area contributed by atoms with Crippen LogP contribution >= 0.6 is 0 Å². The van der Waals surface area contributed by atoms with Crippen LogP contribution in [0, 0.1) is 0 Å². The normalized spacial score (nSPS) is 17.8. The summed E-state index contributed by atoms with van der Waals surface area (Å²) in [6.07, 6.45) is 9.86. The minimum Gasteiger partial charge on any atom is -0.357 e. The van der Waals surface area contributed by atoms with Crippen LogP contribution in [0.3, 0.4) is 0 Å². The average Bonchev–Trinajstić information content (AvgIpc) is 2.20. The maximum absolute atomic E-state index is 5.29. The summed E-state index contributed by atoms with van der Waals surface area (Å²) in [7, 11) is 0. The van der Waals surface area contributed by atoms with E-state index in [0.717, 1.165) is 24.3 Å². The maximum Gasteiger partial charge on any atom is 0.157 e. The van der Waals surface area contributed by atoms with E-state index in [2.05, 4.69) is 12.1 Å². The van der Waals surface area contributed by atoms with E-state index in [9.17, 15) is 0 Å². The summed E-state index contributed by atoms with van der Waals surface area (Å²) in [5, 5.41) is 3.97. The lowest BCUT2D eigenvalue weighted by molar-refractivity contribution is 0.229. The van der Waals surface area contributed by atoms with Crippen LogP contribution in [0.15, 0.2) is 40.8 Å². The zero-order chi connectivity index (χ0) is 10.4. The van der Waals surface area contributed by atoms with Gasteiger partial charge in [0.1, 0.15) is 0 Å². The number of allylic oxidation sites excluding steroid dienone is 5. The van der Waals surface area contributed by atoms with Gasteiger partial charge >= 0.3 is 0 Å². The van der Waals surface area contributed by atoms with Crippen molar-refractivity contribution in [1.29, 1.82) is 0 Å². The standard InChI is InChI=1S/C12H17NO/c1-4-6-7-8-12-11(5-2)9-10(3)13-14-12/h4,6-8H,5,9H2,1-3H3/b6-4-,8-7+. The molecule has 0 unspecified atom stereocenters. The van der Waals surface area contributed by atoms with Crippen LogP contribution in [0.25, 0.3) is 0 Å². The molecule has 0 N–H and O–H groups in total. The third-order valence-electron chi connectivity index (χ3n) is 2.10. The van der Waals surface area contributed by atoms with Crippen LogP contribution in [-0.4, -0.2) is 5.71 Å². The molecule has 0 aromatic carbocycles. The van der Waals surface area contributed by atoms with E-state index in [1.807, 2.05) is 38.2 Å². The molecule has 0 aromatic heterocycles. The monoisotopic (exact) mass is 191 g/mol. The Morgan fingerprint density at radius 1 is 1.43 bits per heavy atom. The van der Waals surface area contributed by atoms with Crippen LogP contribution in [0.1, 0.15) is 33.6 Å². The molecular formula is C12H17NO. The first-order chi connectivity index (χ1) is 6.77. The topological polar surface area (TPSA) is 21.6 Å². The van der Waals surface area contributed by atoms with Crippen LogP contribution < -0.4 is 0 Å². The van der Waals surface area contributed by atoms with Crippen molar-refractivity contribution in [3.05, 3.63) is 35.6 Å². The SMILES string of the molecule is C/C=C\C=C\C1=C(CC)CC(C)=NO1. The third kappa shape index (κ3) is 2.87. The second kappa shape index (κ2) is 5.43. The Morgan fingerprint density at radius 2 is 2.21 bits per heavy atom. The largest absolute Gasteiger partial charge is 0.357 e. The molecule has 0 fully saturated rings. The van der Waals surface area contributed by atoms with Gasteiger partial charge in [-0.05, 0) is 31.9 Å². The van der Waals surface area contributed by atoms with Gasteiger partial charge in [-0.25, -0.2) is 0 Å². The minimum atomic E-state index is 0.899. The number of hydrogen-bond donors (Lipinski definition) is 0. The first kappa shape index (κ1) is 10.8. The predicted octanol–water partition coefficient (Wildman–Crippen LogP) is 3.58. The molecule has 0 aliphatic carbocycles. The van der Waals surface area contributed by atoms with E-state index < -0.39 is 0 Å². The summed E-state index contributed by atoms with van der Waals surface area (Å²) in [5.74, 6) is 0.899. The second-order valence-electron chi connectivity index (χ2n) is 3.30. The van der Waals surface area contributed by atoms with Gasteiger partial charge in [0, 0.05) is 6.42 Å². The van der Waals surface area contributed by atoms with Gasteiger partial charge in [-0.3, -0.25) is 0 Å². The van der Waals surface area contributed by atoms with Crippen molar-refractivity contribution in [3.8, 4) is 0 Å². The molecule has 0 aromatic rings. The molecule has 0 amide bonds. The number of nitrogens with zero attached hydrogens (tertiary/aromatic N) is 1. The summed E-state index contributed by atoms with van der Waals surface area (Å²) in [5.41, 5.74) is 2.36. The molecule has 2 nitrogen and oxygen atoms in total. The highest BCUT2D eigenvalue weighted by Gasteiger charge is 2.11. The molecule has 1 heterocycles. The van der Waals surface area contributed by atoms with Gasteiger partial charge in [0.05, 0.1) is 5.71 Å². The molecule has 0 spiro atoms. The number of hydrogen-bond acceptors (Lipinski definition) is 2. The number of oxime groups is 1. The molecule has 14 heavy (non-hydrogen) atoms. The van der Waals surface area contributed by atoms with Crippen molar-refractivity contribution in [2.45, 2.75) is 33.6 Å². The van der Waals surface area contributed by atoms with Crippen molar-refractivity contribution in [1.82, 2.24) is 0 Å². The lowest BCUT2D eigenvalue weighted by Crippen LogP contribution is -2.05. The Morgan fingerprint density at radius 3 is 2.86 bits per heavy atom. The highest BCUT2D eigenvalue weighted by atomic mass is 16.6. The van der Waals surface area contributed by atoms with E-state index in [-0.39, 0.29) is 0 Å². The molecule has 1 aliphatic heterocycles. The van der Waals surface area contributed by atoms with Gasteiger partial charge in [0.15, 0.2) is 5.76 Å². The quantitative estimate of drug-likeness (QED) is 0.625. The minimum absolute atomic E-state index is 0.899. The summed E-state index contributed by atoms with van der Waals surface area (Å²) in [6.45, 7) is 6.12. The highest BCUT2D eigenvalue weighted by Crippen LogP contribution is 2.21. The molecule has 1 rings (SSSR count). The fourth-order valence-corrected chi connectivity index (χ4v) is 1.32. The van der Waals surface area contributed by atoms with Gasteiger partial charge in [-0.15, -0.1) is 0 Å². The zero-order valence-corrected chi connectivity index (χ0v) is 9.08. The molecule has 1 aliphatic rings. The molecule has 0 radical (unpaired) electrons. The summed E-state index contributed by atoms with van der Waals surface area (Å²) >= 11 is 0. The number of rotatable bonds is 3. The van der Waals surface area contributed by atoms with E-state index in [0.29, 0.717) is 0 Å². The van der Waals surface area contributed by atoms with Gasteiger partial charge in [-0.2, -0.15) is 0 Å². The Labute approximate surface area is 85.6 Å². The Hall–Kier alpha value is -1.31. The summed E-state index contributed by atoms with van der Waals surface area (Å²) in [6, 6.07) is 0. The molecular weight excluding hydrogens is 174 g/mol. The molecule has 0 saturated carbocycles. The Balaban J connectivity index is 2.74. The smallest absolute Gasteiger partial charge is 0.157 e. The van der Waals surface area contributed by atoms with Gasteiger partial charge in [0.25, 0.3) is 0 Å². The first-order valence-corrected chi connectivity index (χ1v) is 4.99. The van der Waals surface area contributed by atoms with Crippen molar-refractivity contribution >= 4 is 5.71 Å². The molecule has 2 heteroatoms. The lowest BCUT2D eigenvalue weighted by atomic mass is 10.0. The zero-order valence-electron chi connectivity index (χ0n) is 9.08. The fraction of sp³-hybridized carbons (Fsp3) is 0.417. The second-order valence-corrected chi connectivity index (χ2v) is 3.30. The molecule has 76 valence electrons. The van der Waals surface area contributed by atoms with E-state index in [1.54, 1.807) is 0 Å². The Kier molecular flexibility index (Phi) is 4.17. The van der Waals surface area contributed by atoms with Gasteiger partial charge in [0.2, 0.25) is 0 Å². The average molecular weight is 191 g/mol. The highest BCUT2D eigenvalue weighted by molar-refractivity contribution is 5.84. The molecule has 0 atom stereocenters. The van der Waals surface area contributed by atoms with Crippen LogP contribution in [-0.2, 0) is 4.84 Å². The third-order valence-corrected chi connectivity index (χ3v) is 2.10. The van der Waals surface area contributed by atoms with Crippen LogP contribution in [0.2, 0.25) is 0 Å². The predicted molar refractivity (Wildman–Crippen MR) is 60.1 cm³/mol. The van der Waals surface area contributed by atoms with Crippen molar-refractivity contribution in [2.24, 2.45) is 5.16 Å². The Bertz CT molecular complexity index is 308. The molecule has 0 saturated heterocycles. The first-order valence-electron chi connectivity index (χ1n) is 4.99. The maximum atomic E-state index is 5.29. The molecule has 0 bridgehead atoms. The van der Waals surface area contributed by atoms with Crippen LogP contribution in [0.5, 0.6) is 0 Å². The summed E-state index contributed by atoms with van der Waals surface area (Å²) < 4.78 is 0. The summed E-state index contributed by atoms with van der Waals surface area (Å²) in [4.78, 5) is 5.29. The van der Waals surface area contributed by atoms with Crippen molar-refractivity contribution in [3.63, 3.8) is 0 Å². The van der Waals surface area contributed by atoms with E-state index >= 15 is 0 Å². The fourth-order valence-electron chi connectivity index (χ4n) is 1.32. The van der Waals surface area contributed by atoms with E-state index in [4.69, 9.17) is 4.84 Å². The van der Waals surface area contributed by atoms with Crippen molar-refractivity contribution < 1.29 is 4.84 Å². The van der Waals surface area contributed by atoms with Crippen LogP contribution in [0.4, 0.5) is 0 Å². The van der Waals surface area contributed by atoms with Gasteiger partial charge < -0.3 is 4.84 Å². The van der Waals surface area contributed by atoms with Crippen molar-refractivity contribution in [2.75, 3.05) is 0 Å². The van der Waals surface area contributed by atoms with E-state index in [1.165, 1.54) is 5.57 Å². The van der Waals surface area contributed by atoms with Gasteiger partial charge in [-0.1, -0.05) is 30.3 Å². The lowest BCUT2D eigenvalue weighted by Gasteiger charge is -2.14.